The molecule has 0 aromatic heterocycles. The number of nitrogens with one attached hydrogen (secondary N) is 2. The molecule has 0 radical (unpaired) electrons. The molecule has 228 valence electrons. The van der Waals surface area contributed by atoms with Crippen LogP contribution in [0.5, 0.6) is 5.75 Å². The molecular formula is C29H40F3N3O5S. The van der Waals surface area contributed by atoms with E-state index in [0.29, 0.717) is 17.4 Å². The number of hydrogen-bond acceptors (Lipinski definition) is 6. The third-order valence-electron chi connectivity index (χ3n) is 6.56. The van der Waals surface area contributed by atoms with Crippen molar-refractivity contribution >= 4 is 21.7 Å². The highest BCUT2D eigenvalue weighted by Crippen LogP contribution is 2.47. The smallest absolute Gasteiger partial charge is 0.406 e. The molecule has 2 fully saturated rings. The molecule has 2 aromatic rings. The topological polar surface area (TPSA) is 105 Å². The Hall–Kier alpha value is -3.12. The van der Waals surface area contributed by atoms with Crippen LogP contribution in [0.2, 0.25) is 0 Å². The van der Waals surface area contributed by atoms with Crippen molar-refractivity contribution in [3.63, 3.8) is 0 Å². The van der Waals surface area contributed by atoms with E-state index in [1.54, 1.807) is 42.5 Å². The summed E-state index contributed by atoms with van der Waals surface area (Å²) in [6, 6.07) is 14.8. The summed E-state index contributed by atoms with van der Waals surface area (Å²) < 4.78 is 61.9. The highest BCUT2D eigenvalue weighted by molar-refractivity contribution is 7.91. The average Bonchev–Trinajstić information content (AvgIpc) is 3.67. The van der Waals surface area contributed by atoms with Crippen molar-refractivity contribution in [2.75, 3.05) is 44.7 Å². The lowest BCUT2D eigenvalue weighted by molar-refractivity contribution is -0.274. The molecule has 41 heavy (non-hydrogen) atoms. The Morgan fingerprint density at radius 2 is 1.61 bits per heavy atom. The largest absolute Gasteiger partial charge is 0.573 e. The Labute approximate surface area is 240 Å². The first-order valence-corrected chi connectivity index (χ1v) is 15.5. The SMILES string of the molecule is CC1CC1c1ccc(OC(F)(F)F)cc1.CCCCNC.O=C(NCC(=O)N1CCS(=O)(=O)CC1)c1ccccc1. The van der Waals surface area contributed by atoms with Gasteiger partial charge in [0.05, 0.1) is 18.1 Å². The first-order chi connectivity index (χ1) is 19.3. The van der Waals surface area contributed by atoms with Crippen molar-refractivity contribution in [1.29, 1.82) is 0 Å². The Morgan fingerprint density at radius 3 is 2.07 bits per heavy atom. The van der Waals surface area contributed by atoms with Gasteiger partial charge < -0.3 is 20.3 Å². The Bertz CT molecular complexity index is 1170. The lowest BCUT2D eigenvalue weighted by Gasteiger charge is -2.26. The van der Waals surface area contributed by atoms with Crippen molar-refractivity contribution in [1.82, 2.24) is 15.5 Å². The molecule has 2 aromatic carbocycles. The standard InChI is InChI=1S/C13H16N2O4S.C11H11F3O.C5H13N/c16-12(15-6-8-20(18,19)9-7-15)10-14-13(17)11-4-2-1-3-5-11;1-7-6-10(7)8-2-4-9(5-3-8)15-11(12,13)14;1-3-4-5-6-2/h1-5H,6-10H2,(H,14,17);2-5,7,10H,6H2,1H3;6H,3-5H2,1-2H3. The van der Waals surface area contributed by atoms with Crippen LogP contribution in [0.25, 0.3) is 0 Å². The molecule has 2 aliphatic rings. The summed E-state index contributed by atoms with van der Waals surface area (Å²) in [6.07, 6.45) is -0.884. The molecule has 12 heteroatoms. The second-order valence-electron chi connectivity index (χ2n) is 9.97. The van der Waals surface area contributed by atoms with Crippen LogP contribution in [-0.4, -0.2) is 76.2 Å². The van der Waals surface area contributed by atoms with Crippen LogP contribution < -0.4 is 15.4 Å². The summed E-state index contributed by atoms with van der Waals surface area (Å²) in [5.74, 6) is 0.424. The van der Waals surface area contributed by atoms with E-state index in [1.165, 1.54) is 29.9 Å². The summed E-state index contributed by atoms with van der Waals surface area (Å²) >= 11 is 0. The van der Waals surface area contributed by atoms with Crippen molar-refractivity contribution < 1.29 is 35.9 Å². The minimum Gasteiger partial charge on any atom is -0.406 e. The number of carbonyl (C=O) groups excluding carboxylic acids is 2. The van der Waals surface area contributed by atoms with Crippen LogP contribution >= 0.6 is 0 Å². The Kier molecular flexibility index (Phi) is 13.6. The number of sulfone groups is 1. The molecule has 1 heterocycles. The van der Waals surface area contributed by atoms with E-state index in [2.05, 4.69) is 29.2 Å². The second-order valence-corrected chi connectivity index (χ2v) is 12.3. The maximum atomic E-state index is 11.9. The van der Waals surface area contributed by atoms with Crippen LogP contribution in [0.15, 0.2) is 54.6 Å². The summed E-state index contributed by atoms with van der Waals surface area (Å²) in [7, 11) is -1.02. The van der Waals surface area contributed by atoms with E-state index in [1.807, 2.05) is 7.05 Å². The Balaban J connectivity index is 0.000000246. The Morgan fingerprint density at radius 1 is 1.02 bits per heavy atom. The highest BCUT2D eigenvalue weighted by Gasteiger charge is 2.34. The molecule has 0 bridgehead atoms. The van der Waals surface area contributed by atoms with Gasteiger partial charge in [-0.25, -0.2) is 8.42 Å². The molecule has 1 saturated heterocycles. The fourth-order valence-corrected chi connectivity index (χ4v) is 5.18. The van der Waals surface area contributed by atoms with Crippen molar-refractivity contribution in [3.05, 3.63) is 65.7 Å². The molecular weight excluding hydrogens is 559 g/mol. The van der Waals surface area contributed by atoms with Gasteiger partial charge in [-0.1, -0.05) is 50.6 Å². The minimum atomic E-state index is -4.60. The third-order valence-corrected chi connectivity index (χ3v) is 8.17. The summed E-state index contributed by atoms with van der Waals surface area (Å²) in [5.41, 5.74) is 1.58. The maximum absolute atomic E-state index is 11.9. The van der Waals surface area contributed by atoms with Crippen LogP contribution in [-0.2, 0) is 14.6 Å². The molecule has 8 nitrogen and oxygen atoms in total. The quantitative estimate of drug-likeness (QED) is 0.437. The predicted molar refractivity (Wildman–Crippen MR) is 152 cm³/mol. The molecule has 2 unspecified atom stereocenters. The highest BCUT2D eigenvalue weighted by atomic mass is 32.2. The molecule has 0 spiro atoms. The maximum Gasteiger partial charge on any atom is 0.573 e. The van der Waals surface area contributed by atoms with Gasteiger partial charge in [-0.05, 0) is 68.1 Å². The summed E-state index contributed by atoms with van der Waals surface area (Å²) in [4.78, 5) is 25.1. The van der Waals surface area contributed by atoms with E-state index in [4.69, 9.17) is 0 Å². The van der Waals surface area contributed by atoms with Gasteiger partial charge in [0.25, 0.3) is 5.91 Å². The predicted octanol–water partition coefficient (Wildman–Crippen LogP) is 4.39. The molecule has 2 amide bonds. The number of hydrogen-bond donors (Lipinski definition) is 2. The molecule has 4 rings (SSSR count). The average molecular weight is 600 g/mol. The van der Waals surface area contributed by atoms with Crippen molar-refractivity contribution in [3.8, 4) is 5.75 Å². The molecule has 1 aliphatic carbocycles. The van der Waals surface area contributed by atoms with Gasteiger partial charge in [-0.2, -0.15) is 0 Å². The van der Waals surface area contributed by atoms with Crippen LogP contribution in [0.1, 0.15) is 54.9 Å². The lowest BCUT2D eigenvalue weighted by Crippen LogP contribution is -2.47. The number of unbranched alkanes of at least 4 members (excludes halogenated alkanes) is 1. The fraction of sp³-hybridized carbons (Fsp3) is 0.517. The molecule has 1 saturated carbocycles. The normalized spacial score (nSPS) is 19.0. The van der Waals surface area contributed by atoms with Gasteiger partial charge in [-0.15, -0.1) is 13.2 Å². The number of halogens is 3. The number of rotatable bonds is 8. The van der Waals surface area contributed by atoms with E-state index in [-0.39, 0.29) is 48.7 Å². The fourth-order valence-electron chi connectivity index (χ4n) is 3.98. The van der Waals surface area contributed by atoms with Gasteiger partial charge in [0, 0.05) is 18.7 Å². The first kappa shape index (κ1) is 34.1. The van der Waals surface area contributed by atoms with Crippen molar-refractivity contribution in [2.24, 2.45) is 5.92 Å². The second kappa shape index (κ2) is 16.4. The van der Waals surface area contributed by atoms with E-state index < -0.39 is 16.2 Å². The van der Waals surface area contributed by atoms with E-state index in [0.717, 1.165) is 18.5 Å². The number of carbonyl (C=O) groups is 2. The third kappa shape index (κ3) is 13.4. The number of ether oxygens (including phenoxy) is 1. The summed E-state index contributed by atoms with van der Waals surface area (Å²) in [6.45, 7) is 5.76. The number of nitrogens with zero attached hydrogens (tertiary/aromatic N) is 1. The first-order valence-electron chi connectivity index (χ1n) is 13.7. The van der Waals surface area contributed by atoms with E-state index >= 15 is 0 Å². The molecule has 2 N–H and O–H groups in total. The van der Waals surface area contributed by atoms with Gasteiger partial charge >= 0.3 is 6.36 Å². The lowest BCUT2D eigenvalue weighted by atomic mass is 10.1. The van der Waals surface area contributed by atoms with Crippen LogP contribution in [0, 0.1) is 5.92 Å². The van der Waals surface area contributed by atoms with Gasteiger partial charge in [0.2, 0.25) is 5.91 Å². The monoisotopic (exact) mass is 599 g/mol. The molecule has 2 atom stereocenters. The zero-order valence-electron chi connectivity index (χ0n) is 23.7. The zero-order valence-corrected chi connectivity index (χ0v) is 24.6. The number of benzene rings is 2. The van der Waals surface area contributed by atoms with Crippen LogP contribution in [0.4, 0.5) is 13.2 Å². The summed E-state index contributed by atoms with van der Waals surface area (Å²) in [5, 5.41) is 5.61. The van der Waals surface area contributed by atoms with Gasteiger partial charge in [-0.3, -0.25) is 9.59 Å². The van der Waals surface area contributed by atoms with Gasteiger partial charge in [0.1, 0.15) is 5.75 Å². The zero-order chi connectivity index (χ0) is 30.5. The number of amides is 2. The van der Waals surface area contributed by atoms with Crippen molar-refractivity contribution in [2.45, 2.75) is 45.4 Å². The van der Waals surface area contributed by atoms with Gasteiger partial charge in [0.15, 0.2) is 9.84 Å². The number of alkyl halides is 3. The molecule has 1 aliphatic heterocycles. The van der Waals surface area contributed by atoms with E-state index in [9.17, 15) is 31.2 Å². The van der Waals surface area contributed by atoms with Crippen LogP contribution in [0.3, 0.4) is 0 Å². The minimum absolute atomic E-state index is 0.00856.